The zero-order valence-corrected chi connectivity index (χ0v) is 19.4. The third kappa shape index (κ3) is 5.15. The van der Waals surface area contributed by atoms with Crippen molar-refractivity contribution in [2.24, 2.45) is 0 Å². The molecule has 3 aromatic rings. The molecule has 9 heteroatoms. The van der Waals surface area contributed by atoms with Crippen LogP contribution in [0.25, 0.3) is 23.0 Å². The number of para-hydroxylation sites is 1. The molecule has 1 fully saturated rings. The van der Waals surface area contributed by atoms with Crippen LogP contribution in [0.15, 0.2) is 65.7 Å². The fourth-order valence-electron chi connectivity index (χ4n) is 3.29. The average molecular weight is 479 g/mol. The largest absolute Gasteiger partial charge is 0.548 e. The van der Waals surface area contributed by atoms with E-state index in [4.69, 9.17) is 22.1 Å². The molecule has 33 heavy (non-hydrogen) atoms. The minimum atomic E-state index is -1.37. The van der Waals surface area contributed by atoms with Gasteiger partial charge in [0.1, 0.15) is 15.8 Å². The van der Waals surface area contributed by atoms with Gasteiger partial charge in [-0.2, -0.15) is 5.10 Å². The molecule has 0 atom stereocenters. The number of aromatic nitrogens is 2. The van der Waals surface area contributed by atoms with Crippen LogP contribution in [0.5, 0.6) is 5.75 Å². The van der Waals surface area contributed by atoms with E-state index >= 15 is 0 Å². The molecule has 0 aliphatic carbocycles. The molecule has 1 amide bonds. The van der Waals surface area contributed by atoms with Crippen LogP contribution in [0.3, 0.4) is 0 Å². The van der Waals surface area contributed by atoms with Crippen molar-refractivity contribution in [2.45, 2.75) is 13.3 Å². The van der Waals surface area contributed by atoms with Gasteiger partial charge in [-0.05, 0) is 36.8 Å². The molecule has 168 valence electrons. The fourth-order valence-corrected chi connectivity index (χ4v) is 4.54. The van der Waals surface area contributed by atoms with Crippen molar-refractivity contribution in [1.29, 1.82) is 0 Å². The molecular weight excluding hydrogens is 458 g/mol. The van der Waals surface area contributed by atoms with Crippen LogP contribution >= 0.6 is 24.0 Å². The van der Waals surface area contributed by atoms with Gasteiger partial charge < -0.3 is 14.6 Å². The summed E-state index contributed by atoms with van der Waals surface area (Å²) in [5.41, 5.74) is 3.04. The maximum atomic E-state index is 12.8. The smallest absolute Gasteiger partial charge is 0.266 e. The summed E-state index contributed by atoms with van der Waals surface area (Å²) >= 11 is 6.25. The number of amides is 1. The number of thiocarbonyl (C=S) groups is 1. The highest BCUT2D eigenvalue weighted by molar-refractivity contribution is 8.26. The first-order valence-electron chi connectivity index (χ1n) is 10.3. The van der Waals surface area contributed by atoms with Crippen molar-refractivity contribution in [1.82, 2.24) is 14.7 Å². The lowest BCUT2D eigenvalue weighted by atomic mass is 10.1. The molecule has 2 aromatic carbocycles. The Morgan fingerprint density at radius 1 is 1.21 bits per heavy atom. The molecule has 4 rings (SSSR count). The van der Waals surface area contributed by atoms with Gasteiger partial charge in [0, 0.05) is 17.3 Å². The standard InChI is InChI=1S/C24H21N3O4S2/c1-2-11-31-19-10-6-7-16(12-19)22-17(14-27(25-22)18-8-4-3-5-9-18)13-20-23(30)26(15-21(28)29)24(32)33-20/h3-10,12-14H,2,11,15H2,1H3,(H,28,29)/p-1/b20-13-. The van der Waals surface area contributed by atoms with Crippen molar-refractivity contribution in [3.8, 4) is 22.7 Å². The van der Waals surface area contributed by atoms with Crippen LogP contribution in [0, 0.1) is 0 Å². The van der Waals surface area contributed by atoms with E-state index in [1.165, 1.54) is 0 Å². The highest BCUT2D eigenvalue weighted by atomic mass is 32.2. The minimum Gasteiger partial charge on any atom is -0.548 e. The van der Waals surface area contributed by atoms with Crippen LogP contribution in [0.2, 0.25) is 0 Å². The predicted octanol–water partition coefficient (Wildman–Crippen LogP) is 3.28. The van der Waals surface area contributed by atoms with E-state index in [-0.39, 0.29) is 4.32 Å². The van der Waals surface area contributed by atoms with Crippen LogP contribution in [-0.4, -0.2) is 44.0 Å². The van der Waals surface area contributed by atoms with Gasteiger partial charge in [-0.25, -0.2) is 4.68 Å². The van der Waals surface area contributed by atoms with E-state index in [1.807, 2.05) is 67.7 Å². The van der Waals surface area contributed by atoms with Gasteiger partial charge in [-0.3, -0.25) is 9.69 Å². The molecule has 0 N–H and O–H groups in total. The quantitative estimate of drug-likeness (QED) is 0.363. The third-order valence-electron chi connectivity index (χ3n) is 4.79. The Balaban J connectivity index is 1.77. The number of carbonyl (C=O) groups excluding carboxylic acids is 2. The molecule has 1 aliphatic heterocycles. The summed E-state index contributed by atoms with van der Waals surface area (Å²) < 4.78 is 7.69. The summed E-state index contributed by atoms with van der Waals surface area (Å²) in [6, 6.07) is 17.2. The van der Waals surface area contributed by atoms with Crippen LogP contribution in [0.4, 0.5) is 0 Å². The Kier molecular flexibility index (Phi) is 6.90. The summed E-state index contributed by atoms with van der Waals surface area (Å²) in [5.74, 6) is -1.10. The van der Waals surface area contributed by atoms with E-state index in [0.717, 1.165) is 40.1 Å². The lowest BCUT2D eigenvalue weighted by Crippen LogP contribution is -2.40. The van der Waals surface area contributed by atoms with Gasteiger partial charge in [0.05, 0.1) is 29.7 Å². The van der Waals surface area contributed by atoms with Crippen molar-refractivity contribution in [3.05, 3.63) is 71.3 Å². The maximum Gasteiger partial charge on any atom is 0.266 e. The van der Waals surface area contributed by atoms with Gasteiger partial charge in [-0.15, -0.1) is 0 Å². The van der Waals surface area contributed by atoms with E-state index in [1.54, 1.807) is 10.8 Å². The van der Waals surface area contributed by atoms with Gasteiger partial charge in [0.15, 0.2) is 0 Å². The van der Waals surface area contributed by atoms with E-state index in [2.05, 4.69) is 0 Å². The Morgan fingerprint density at radius 2 is 2.00 bits per heavy atom. The van der Waals surface area contributed by atoms with Crippen molar-refractivity contribution >= 4 is 46.3 Å². The Morgan fingerprint density at radius 3 is 2.73 bits per heavy atom. The molecule has 0 spiro atoms. The Labute approximate surface area is 200 Å². The van der Waals surface area contributed by atoms with Gasteiger partial charge >= 0.3 is 0 Å². The first kappa shape index (κ1) is 22.8. The van der Waals surface area contributed by atoms with E-state index < -0.39 is 18.4 Å². The molecule has 1 saturated heterocycles. The second-order valence-electron chi connectivity index (χ2n) is 7.23. The van der Waals surface area contributed by atoms with Gasteiger partial charge in [-0.1, -0.05) is 61.2 Å². The lowest BCUT2D eigenvalue weighted by molar-refractivity contribution is -0.305. The molecule has 2 heterocycles. The Hall–Kier alpha value is -3.43. The van der Waals surface area contributed by atoms with Crippen molar-refractivity contribution in [2.75, 3.05) is 13.2 Å². The van der Waals surface area contributed by atoms with E-state index in [0.29, 0.717) is 22.8 Å². The normalized spacial score (nSPS) is 14.8. The fraction of sp³-hybridized carbons (Fsp3) is 0.167. The number of carboxylic acid groups (broad SMARTS) is 1. The van der Waals surface area contributed by atoms with Gasteiger partial charge in [0.25, 0.3) is 5.91 Å². The molecule has 7 nitrogen and oxygen atoms in total. The average Bonchev–Trinajstić information content (AvgIpc) is 3.35. The number of thioether (sulfide) groups is 1. The third-order valence-corrected chi connectivity index (χ3v) is 6.17. The number of hydrogen-bond acceptors (Lipinski definition) is 7. The topological polar surface area (TPSA) is 87.5 Å². The van der Waals surface area contributed by atoms with Crippen LogP contribution in [0.1, 0.15) is 18.9 Å². The number of ether oxygens (including phenoxy) is 1. The predicted molar refractivity (Wildman–Crippen MR) is 130 cm³/mol. The number of hydrogen-bond donors (Lipinski definition) is 0. The SMILES string of the molecule is CCCOc1cccc(-c2nn(-c3ccccc3)cc2/C=C2\SC(=S)N(CC(=O)[O-])C2=O)c1. The number of nitrogens with zero attached hydrogens (tertiary/aromatic N) is 3. The summed E-state index contributed by atoms with van der Waals surface area (Å²) in [7, 11) is 0. The summed E-state index contributed by atoms with van der Waals surface area (Å²) in [6.45, 7) is 2.07. The summed E-state index contributed by atoms with van der Waals surface area (Å²) in [5, 5.41) is 15.8. The van der Waals surface area contributed by atoms with E-state index in [9.17, 15) is 14.7 Å². The molecular formula is C24H20N3O4S2-. The number of carboxylic acids is 1. The summed E-state index contributed by atoms with van der Waals surface area (Å²) in [6.07, 6.45) is 4.41. The van der Waals surface area contributed by atoms with Crippen molar-refractivity contribution in [3.63, 3.8) is 0 Å². The number of aliphatic carboxylic acids is 1. The highest BCUT2D eigenvalue weighted by Crippen LogP contribution is 2.35. The minimum absolute atomic E-state index is 0.183. The molecule has 0 radical (unpaired) electrons. The zero-order valence-electron chi connectivity index (χ0n) is 17.8. The number of benzene rings is 2. The molecule has 1 aliphatic rings. The lowest BCUT2D eigenvalue weighted by Gasteiger charge is -2.14. The molecule has 0 saturated carbocycles. The monoisotopic (exact) mass is 478 g/mol. The second kappa shape index (κ2) is 10.0. The number of rotatable bonds is 8. The molecule has 0 unspecified atom stereocenters. The van der Waals surface area contributed by atoms with Crippen LogP contribution < -0.4 is 9.84 Å². The second-order valence-corrected chi connectivity index (χ2v) is 8.91. The maximum absolute atomic E-state index is 12.8. The summed E-state index contributed by atoms with van der Waals surface area (Å²) in [4.78, 5) is 25.1. The molecule has 1 aromatic heterocycles. The highest BCUT2D eigenvalue weighted by Gasteiger charge is 2.32. The number of carbonyl (C=O) groups is 2. The van der Waals surface area contributed by atoms with Crippen LogP contribution in [-0.2, 0) is 9.59 Å². The zero-order chi connectivity index (χ0) is 23.4. The molecule has 0 bridgehead atoms. The first-order chi connectivity index (χ1) is 16.0. The Bertz CT molecular complexity index is 1240. The van der Waals surface area contributed by atoms with Gasteiger partial charge in [0.2, 0.25) is 0 Å². The van der Waals surface area contributed by atoms with Crippen molar-refractivity contribution < 1.29 is 19.4 Å². The first-order valence-corrected chi connectivity index (χ1v) is 11.5.